The van der Waals surface area contributed by atoms with Crippen LogP contribution in [0.3, 0.4) is 0 Å². The van der Waals surface area contributed by atoms with E-state index in [1.165, 1.54) is 18.7 Å². The van der Waals surface area contributed by atoms with Crippen LogP contribution in [0, 0.1) is 0 Å². The highest BCUT2D eigenvalue weighted by molar-refractivity contribution is 7.99. The Morgan fingerprint density at radius 3 is 2.67 bits per heavy atom. The largest absolute Gasteiger partial charge is 0.452 e. The average Bonchev–Trinajstić information content (AvgIpc) is 3.03. The number of urea groups is 1. The number of halogens is 1. The summed E-state index contributed by atoms with van der Waals surface area (Å²) in [5, 5.41) is 3.05. The zero-order valence-electron chi connectivity index (χ0n) is 16.0. The first-order valence-electron chi connectivity index (χ1n) is 8.96. The summed E-state index contributed by atoms with van der Waals surface area (Å²) in [5.74, 6) is -1.48. The lowest BCUT2D eigenvalue weighted by atomic mass is 10.2. The van der Waals surface area contributed by atoms with Gasteiger partial charge in [-0.1, -0.05) is 53.7 Å². The lowest BCUT2D eigenvalue weighted by molar-refractivity contribution is -0.151. The van der Waals surface area contributed by atoms with Crippen LogP contribution in [0.1, 0.15) is 12.5 Å². The van der Waals surface area contributed by atoms with Crippen molar-refractivity contribution in [3.05, 3.63) is 59.1 Å². The van der Waals surface area contributed by atoms with Crippen LogP contribution in [-0.4, -0.2) is 39.3 Å². The molecule has 8 nitrogen and oxygen atoms in total. The second-order valence-corrected chi connectivity index (χ2v) is 7.75. The van der Waals surface area contributed by atoms with E-state index in [4.69, 9.17) is 22.1 Å². The summed E-state index contributed by atoms with van der Waals surface area (Å²) in [7, 11) is 0. The minimum atomic E-state index is -1.15. The second-order valence-electron chi connectivity index (χ2n) is 6.37. The molecule has 10 heteroatoms. The normalized spacial score (nSPS) is 11.8. The van der Waals surface area contributed by atoms with Gasteiger partial charge in [-0.2, -0.15) is 0 Å². The Morgan fingerprint density at radius 2 is 1.97 bits per heavy atom. The molecule has 0 unspecified atom stereocenters. The molecule has 156 valence electrons. The highest BCUT2D eigenvalue weighted by Gasteiger charge is 2.20. The monoisotopic (exact) mass is 446 g/mol. The zero-order chi connectivity index (χ0) is 21.7. The van der Waals surface area contributed by atoms with Crippen LogP contribution in [-0.2, 0) is 20.9 Å². The minimum absolute atomic E-state index is 0.0694. The molecule has 3 aromatic rings. The van der Waals surface area contributed by atoms with Gasteiger partial charge in [-0.25, -0.2) is 9.78 Å². The van der Waals surface area contributed by atoms with Gasteiger partial charge in [0.25, 0.3) is 5.91 Å². The van der Waals surface area contributed by atoms with Gasteiger partial charge in [-0.05, 0) is 30.7 Å². The molecule has 1 heterocycles. The van der Waals surface area contributed by atoms with Crippen molar-refractivity contribution in [3.8, 4) is 0 Å². The van der Waals surface area contributed by atoms with E-state index in [9.17, 15) is 14.4 Å². The van der Waals surface area contributed by atoms with Crippen LogP contribution in [0.5, 0.6) is 0 Å². The standard InChI is InChI=1S/C20H19ClN4O4S/c1-12(18(27)24-19(22)28)29-17(26)11-30-20-23-15-9-14(21)7-8-16(15)25(20)10-13-5-3-2-4-6-13/h2-9,12H,10-11H2,1H3,(H3,22,24,27,28)/t12-/m1/s1. The van der Waals surface area contributed by atoms with Gasteiger partial charge in [0.15, 0.2) is 11.3 Å². The maximum absolute atomic E-state index is 12.2. The van der Waals surface area contributed by atoms with Crippen molar-refractivity contribution in [1.82, 2.24) is 14.9 Å². The highest BCUT2D eigenvalue weighted by atomic mass is 35.5. The van der Waals surface area contributed by atoms with Crippen LogP contribution in [0.15, 0.2) is 53.7 Å². The van der Waals surface area contributed by atoms with Gasteiger partial charge >= 0.3 is 12.0 Å². The first kappa shape index (κ1) is 21.7. The fourth-order valence-electron chi connectivity index (χ4n) is 2.74. The lowest BCUT2D eigenvalue weighted by Gasteiger charge is -2.12. The molecule has 3 rings (SSSR count). The molecule has 2 aromatic carbocycles. The van der Waals surface area contributed by atoms with Gasteiger partial charge in [0.05, 0.1) is 23.3 Å². The molecule has 0 aliphatic heterocycles. The number of thioether (sulfide) groups is 1. The lowest BCUT2D eigenvalue weighted by Crippen LogP contribution is -2.42. The predicted octanol–water partition coefficient (Wildman–Crippen LogP) is 2.96. The number of carbonyl (C=O) groups is 3. The van der Waals surface area contributed by atoms with E-state index < -0.39 is 24.0 Å². The van der Waals surface area contributed by atoms with E-state index in [1.807, 2.05) is 46.3 Å². The maximum Gasteiger partial charge on any atom is 0.318 e. The Hall–Kier alpha value is -3.04. The van der Waals surface area contributed by atoms with Gasteiger partial charge in [0.2, 0.25) is 0 Å². The van der Waals surface area contributed by atoms with Crippen molar-refractivity contribution in [1.29, 1.82) is 0 Å². The van der Waals surface area contributed by atoms with Crippen molar-refractivity contribution < 1.29 is 19.1 Å². The number of rotatable bonds is 7. The number of hydrogen-bond acceptors (Lipinski definition) is 6. The molecule has 0 aliphatic carbocycles. The summed E-state index contributed by atoms with van der Waals surface area (Å²) in [6.07, 6.45) is -1.15. The van der Waals surface area contributed by atoms with Gasteiger partial charge in [0, 0.05) is 5.02 Å². The first-order chi connectivity index (χ1) is 14.3. The summed E-state index contributed by atoms with van der Waals surface area (Å²) in [6, 6.07) is 14.3. The van der Waals surface area contributed by atoms with Crippen molar-refractivity contribution >= 4 is 52.3 Å². The molecule has 3 amide bonds. The van der Waals surface area contributed by atoms with Crippen LogP contribution in [0.2, 0.25) is 5.02 Å². The smallest absolute Gasteiger partial charge is 0.318 e. The van der Waals surface area contributed by atoms with Gasteiger partial charge in [-0.15, -0.1) is 0 Å². The summed E-state index contributed by atoms with van der Waals surface area (Å²) in [4.78, 5) is 39.1. The molecular weight excluding hydrogens is 428 g/mol. The number of hydrogen-bond donors (Lipinski definition) is 2. The number of fused-ring (bicyclic) bond motifs is 1. The van der Waals surface area contributed by atoms with Crippen LogP contribution < -0.4 is 11.1 Å². The van der Waals surface area contributed by atoms with E-state index in [2.05, 4.69) is 4.98 Å². The molecule has 30 heavy (non-hydrogen) atoms. The predicted molar refractivity (Wildman–Crippen MR) is 114 cm³/mol. The molecule has 0 spiro atoms. The molecule has 1 aromatic heterocycles. The Labute approximate surface area is 181 Å². The molecule has 1 atom stereocenters. The van der Waals surface area contributed by atoms with Crippen molar-refractivity contribution in [2.45, 2.75) is 24.7 Å². The van der Waals surface area contributed by atoms with E-state index in [0.29, 0.717) is 22.2 Å². The number of benzene rings is 2. The maximum atomic E-state index is 12.2. The number of carbonyl (C=O) groups excluding carboxylic acids is 3. The Balaban J connectivity index is 1.75. The molecule has 0 fully saturated rings. The Bertz CT molecular complexity index is 1090. The third kappa shape index (κ3) is 5.52. The summed E-state index contributed by atoms with van der Waals surface area (Å²) in [6.45, 7) is 1.92. The number of imidazole rings is 1. The number of ether oxygens (including phenoxy) is 1. The average molecular weight is 447 g/mol. The summed E-state index contributed by atoms with van der Waals surface area (Å²) < 4.78 is 7.04. The SMILES string of the molecule is C[C@@H](OC(=O)CSc1nc2cc(Cl)ccc2n1Cc1ccccc1)C(=O)NC(N)=O. The van der Waals surface area contributed by atoms with E-state index in [0.717, 1.165) is 11.1 Å². The quantitative estimate of drug-likeness (QED) is 0.425. The molecule has 0 aliphatic rings. The van der Waals surface area contributed by atoms with Crippen LogP contribution in [0.25, 0.3) is 11.0 Å². The number of esters is 1. The number of nitrogens with zero attached hydrogens (tertiary/aromatic N) is 2. The fraction of sp³-hybridized carbons (Fsp3) is 0.200. The number of imide groups is 1. The second kappa shape index (κ2) is 9.64. The number of primary amides is 1. The topological polar surface area (TPSA) is 116 Å². The molecule has 0 saturated carbocycles. The number of nitrogens with two attached hydrogens (primary N) is 1. The summed E-state index contributed by atoms with van der Waals surface area (Å²) >= 11 is 7.27. The van der Waals surface area contributed by atoms with Crippen molar-refractivity contribution in [3.63, 3.8) is 0 Å². The summed E-state index contributed by atoms with van der Waals surface area (Å²) in [5.41, 5.74) is 7.56. The number of amides is 3. The Morgan fingerprint density at radius 1 is 1.23 bits per heavy atom. The zero-order valence-corrected chi connectivity index (χ0v) is 17.6. The first-order valence-corrected chi connectivity index (χ1v) is 10.3. The van der Waals surface area contributed by atoms with Gasteiger partial charge in [-0.3, -0.25) is 14.9 Å². The Kier molecular flexibility index (Phi) is 6.96. The number of nitrogens with one attached hydrogen (secondary N) is 1. The van der Waals surface area contributed by atoms with Crippen LogP contribution in [0.4, 0.5) is 4.79 Å². The molecule has 0 radical (unpaired) electrons. The number of aromatic nitrogens is 2. The minimum Gasteiger partial charge on any atom is -0.452 e. The molecule has 3 N–H and O–H groups in total. The van der Waals surface area contributed by atoms with E-state index in [-0.39, 0.29) is 5.75 Å². The van der Waals surface area contributed by atoms with E-state index in [1.54, 1.807) is 12.1 Å². The third-order valence-corrected chi connectivity index (χ3v) is 5.29. The van der Waals surface area contributed by atoms with Crippen molar-refractivity contribution in [2.24, 2.45) is 5.73 Å². The molecule has 0 saturated heterocycles. The van der Waals surface area contributed by atoms with Gasteiger partial charge in [0.1, 0.15) is 0 Å². The van der Waals surface area contributed by atoms with E-state index >= 15 is 0 Å². The van der Waals surface area contributed by atoms with Gasteiger partial charge < -0.3 is 15.0 Å². The molecular formula is C20H19ClN4O4S. The third-order valence-electron chi connectivity index (χ3n) is 4.10. The molecule has 0 bridgehead atoms. The highest BCUT2D eigenvalue weighted by Crippen LogP contribution is 2.27. The van der Waals surface area contributed by atoms with Crippen molar-refractivity contribution in [2.75, 3.05) is 5.75 Å². The fourth-order valence-corrected chi connectivity index (χ4v) is 3.70. The van der Waals surface area contributed by atoms with Crippen LogP contribution >= 0.6 is 23.4 Å².